The van der Waals surface area contributed by atoms with Gasteiger partial charge in [-0.2, -0.15) is 18.4 Å². The Morgan fingerprint density at radius 3 is 2.40 bits per heavy atom. The van der Waals surface area contributed by atoms with E-state index in [9.17, 15) is 17.6 Å². The van der Waals surface area contributed by atoms with Gasteiger partial charge in [-0.05, 0) is 6.07 Å². The van der Waals surface area contributed by atoms with E-state index >= 15 is 0 Å². The van der Waals surface area contributed by atoms with Gasteiger partial charge in [0.2, 0.25) is 0 Å². The fourth-order valence-corrected chi connectivity index (χ4v) is 1.24. The molecule has 0 N–H and O–H groups in total. The van der Waals surface area contributed by atoms with Gasteiger partial charge >= 0.3 is 6.18 Å². The largest absolute Gasteiger partial charge is 0.408 e. The van der Waals surface area contributed by atoms with E-state index in [-0.39, 0.29) is 0 Å². The molecule has 1 unspecified atom stereocenters. The van der Waals surface area contributed by atoms with Crippen LogP contribution in [0.3, 0.4) is 0 Å². The van der Waals surface area contributed by atoms with Crippen LogP contribution in [0.5, 0.6) is 0 Å². The van der Waals surface area contributed by atoms with Crippen molar-refractivity contribution in [3.63, 3.8) is 0 Å². The van der Waals surface area contributed by atoms with Crippen molar-refractivity contribution in [2.45, 2.75) is 12.1 Å². The first-order chi connectivity index (χ1) is 6.88. The lowest BCUT2D eigenvalue weighted by Crippen LogP contribution is -2.20. The summed E-state index contributed by atoms with van der Waals surface area (Å²) in [5.74, 6) is -3.70. The molecule has 0 aromatic heterocycles. The quantitative estimate of drug-likeness (QED) is 0.684. The van der Waals surface area contributed by atoms with Crippen molar-refractivity contribution >= 4 is 11.6 Å². The van der Waals surface area contributed by atoms with Gasteiger partial charge in [0, 0.05) is 5.56 Å². The maximum atomic E-state index is 13.2. The Hall–Kier alpha value is -1.28. The highest BCUT2D eigenvalue weighted by molar-refractivity contribution is 6.30. The van der Waals surface area contributed by atoms with Gasteiger partial charge in [0.1, 0.15) is 5.82 Å². The summed E-state index contributed by atoms with van der Waals surface area (Å²) in [6.45, 7) is 0. The summed E-state index contributed by atoms with van der Waals surface area (Å²) >= 11 is 5.31. The van der Waals surface area contributed by atoms with E-state index in [2.05, 4.69) is 0 Å². The molecular formula is C9H4ClF4N. The summed E-state index contributed by atoms with van der Waals surface area (Å²) < 4.78 is 50.0. The molecule has 80 valence electrons. The molecule has 1 aromatic carbocycles. The van der Waals surface area contributed by atoms with Gasteiger partial charge < -0.3 is 0 Å². The molecule has 15 heavy (non-hydrogen) atoms. The summed E-state index contributed by atoms with van der Waals surface area (Å²) in [7, 11) is 0. The van der Waals surface area contributed by atoms with Crippen LogP contribution in [0, 0.1) is 17.1 Å². The Kier molecular flexibility index (Phi) is 3.20. The second-order valence-corrected chi connectivity index (χ2v) is 3.15. The standard InChI is InChI=1S/C9H4ClF4N/c10-7-3-1-2-5(8(7)11)6(4-15)9(12,13)14/h1-3,6H. The summed E-state index contributed by atoms with van der Waals surface area (Å²) in [5.41, 5.74) is -0.752. The van der Waals surface area contributed by atoms with Gasteiger partial charge in [0.05, 0.1) is 11.1 Å². The average Bonchev–Trinajstić information content (AvgIpc) is 2.11. The molecule has 0 spiro atoms. The average molecular weight is 238 g/mol. The van der Waals surface area contributed by atoms with Crippen LogP contribution in [0.1, 0.15) is 11.5 Å². The molecule has 0 fully saturated rings. The molecule has 1 aromatic rings. The fraction of sp³-hybridized carbons (Fsp3) is 0.222. The number of benzene rings is 1. The Morgan fingerprint density at radius 2 is 1.93 bits per heavy atom. The van der Waals surface area contributed by atoms with Gasteiger partial charge in [-0.25, -0.2) is 4.39 Å². The summed E-state index contributed by atoms with van der Waals surface area (Å²) in [6.07, 6.45) is -4.81. The molecular weight excluding hydrogens is 234 g/mol. The van der Waals surface area contributed by atoms with Crippen molar-refractivity contribution in [3.8, 4) is 6.07 Å². The van der Waals surface area contributed by atoms with E-state index in [1.807, 2.05) is 0 Å². The number of hydrogen-bond donors (Lipinski definition) is 0. The fourth-order valence-electron chi connectivity index (χ4n) is 1.06. The first-order valence-corrected chi connectivity index (χ1v) is 4.16. The topological polar surface area (TPSA) is 23.8 Å². The van der Waals surface area contributed by atoms with Crippen molar-refractivity contribution in [1.82, 2.24) is 0 Å². The molecule has 0 radical (unpaired) electrons. The minimum atomic E-state index is -4.81. The molecule has 6 heteroatoms. The zero-order chi connectivity index (χ0) is 11.6. The van der Waals surface area contributed by atoms with Crippen LogP contribution in [0.2, 0.25) is 5.02 Å². The van der Waals surface area contributed by atoms with E-state index in [1.165, 1.54) is 0 Å². The zero-order valence-electron chi connectivity index (χ0n) is 7.15. The number of nitrogens with zero attached hydrogens (tertiary/aromatic N) is 1. The third kappa shape index (κ3) is 2.39. The molecule has 1 nitrogen and oxygen atoms in total. The van der Waals surface area contributed by atoms with E-state index in [4.69, 9.17) is 16.9 Å². The monoisotopic (exact) mass is 237 g/mol. The molecule has 1 atom stereocenters. The van der Waals surface area contributed by atoms with Crippen molar-refractivity contribution in [2.24, 2.45) is 0 Å². The second kappa shape index (κ2) is 4.07. The number of rotatable bonds is 1. The Morgan fingerprint density at radius 1 is 1.33 bits per heavy atom. The van der Waals surface area contributed by atoms with Gasteiger partial charge in [0.25, 0.3) is 0 Å². The maximum absolute atomic E-state index is 13.2. The Balaban J connectivity index is 3.27. The van der Waals surface area contributed by atoms with E-state index in [0.29, 0.717) is 0 Å². The van der Waals surface area contributed by atoms with Crippen LogP contribution in [0.25, 0.3) is 0 Å². The molecule has 0 amide bonds. The molecule has 0 aliphatic carbocycles. The smallest absolute Gasteiger partial charge is 0.205 e. The lowest BCUT2D eigenvalue weighted by molar-refractivity contribution is -0.138. The predicted octanol–water partition coefficient (Wildman–Crippen LogP) is 3.65. The highest BCUT2D eigenvalue weighted by Crippen LogP contribution is 2.36. The number of halogens is 5. The Bertz CT molecular complexity index is 408. The first kappa shape index (κ1) is 11.8. The molecule has 1 rings (SSSR count). The molecule has 0 saturated heterocycles. The normalized spacial score (nSPS) is 13.3. The van der Waals surface area contributed by atoms with Crippen molar-refractivity contribution in [3.05, 3.63) is 34.6 Å². The van der Waals surface area contributed by atoms with E-state index in [0.717, 1.165) is 24.3 Å². The summed E-state index contributed by atoms with van der Waals surface area (Å²) in [6, 6.07) is 4.17. The van der Waals surface area contributed by atoms with Crippen LogP contribution in [0.4, 0.5) is 17.6 Å². The van der Waals surface area contributed by atoms with E-state index < -0.39 is 28.5 Å². The lowest BCUT2D eigenvalue weighted by atomic mass is 10.00. The van der Waals surface area contributed by atoms with Gasteiger partial charge in [-0.15, -0.1) is 0 Å². The third-order valence-electron chi connectivity index (χ3n) is 1.75. The van der Waals surface area contributed by atoms with Gasteiger partial charge in [-0.3, -0.25) is 0 Å². The van der Waals surface area contributed by atoms with Crippen molar-refractivity contribution < 1.29 is 17.6 Å². The van der Waals surface area contributed by atoms with Crippen LogP contribution in [-0.2, 0) is 0 Å². The van der Waals surface area contributed by atoms with Crippen molar-refractivity contribution in [2.75, 3.05) is 0 Å². The predicted molar refractivity (Wildman–Crippen MR) is 45.8 cm³/mol. The lowest BCUT2D eigenvalue weighted by Gasteiger charge is -2.14. The van der Waals surface area contributed by atoms with Gasteiger partial charge in [0.15, 0.2) is 5.92 Å². The first-order valence-electron chi connectivity index (χ1n) is 3.78. The minimum Gasteiger partial charge on any atom is -0.205 e. The Labute approximate surface area is 87.9 Å². The molecule has 0 bridgehead atoms. The second-order valence-electron chi connectivity index (χ2n) is 2.75. The zero-order valence-corrected chi connectivity index (χ0v) is 7.90. The van der Waals surface area contributed by atoms with Crippen LogP contribution in [0.15, 0.2) is 18.2 Å². The minimum absolute atomic E-state index is 0.433. The molecule has 0 aliphatic heterocycles. The maximum Gasteiger partial charge on any atom is 0.408 e. The SMILES string of the molecule is N#CC(c1cccc(Cl)c1F)C(F)(F)F. The summed E-state index contributed by atoms with van der Waals surface area (Å²) in [4.78, 5) is 0. The van der Waals surface area contributed by atoms with E-state index in [1.54, 1.807) is 0 Å². The summed E-state index contributed by atoms with van der Waals surface area (Å²) in [5, 5.41) is 7.92. The molecule has 0 heterocycles. The number of alkyl halides is 3. The van der Waals surface area contributed by atoms with Crippen LogP contribution < -0.4 is 0 Å². The van der Waals surface area contributed by atoms with Gasteiger partial charge in [-0.1, -0.05) is 23.7 Å². The highest BCUT2D eigenvalue weighted by atomic mass is 35.5. The number of nitriles is 1. The number of hydrogen-bond acceptors (Lipinski definition) is 1. The van der Waals surface area contributed by atoms with Crippen LogP contribution in [-0.4, -0.2) is 6.18 Å². The highest BCUT2D eigenvalue weighted by Gasteiger charge is 2.42. The van der Waals surface area contributed by atoms with Crippen molar-refractivity contribution in [1.29, 1.82) is 5.26 Å². The molecule has 0 aliphatic rings. The van der Waals surface area contributed by atoms with Crippen LogP contribution >= 0.6 is 11.6 Å². The molecule has 0 saturated carbocycles. The third-order valence-corrected chi connectivity index (χ3v) is 2.04.